The molecule has 1 N–H and O–H groups in total. The molecule has 1 amide bonds. The van der Waals surface area contributed by atoms with Crippen molar-refractivity contribution in [3.8, 4) is 5.88 Å². The van der Waals surface area contributed by atoms with E-state index in [1.165, 1.54) is 0 Å². The molecule has 0 radical (unpaired) electrons. The highest BCUT2D eigenvalue weighted by Gasteiger charge is 2.18. The van der Waals surface area contributed by atoms with E-state index in [1.54, 1.807) is 10.7 Å². The van der Waals surface area contributed by atoms with Crippen molar-refractivity contribution in [3.05, 3.63) is 30.0 Å². The van der Waals surface area contributed by atoms with Crippen LogP contribution in [0.2, 0.25) is 0 Å². The molecule has 0 fully saturated rings. The number of aromatic nitrogens is 4. The molecule has 112 valence electrons. The van der Waals surface area contributed by atoms with Gasteiger partial charge in [-0.05, 0) is 6.42 Å². The molecule has 0 atom stereocenters. The number of nitrogens with zero attached hydrogens (tertiary/aromatic N) is 4. The number of fused-ring (bicyclic) bond motifs is 1. The second kappa shape index (κ2) is 5.99. The summed E-state index contributed by atoms with van der Waals surface area (Å²) in [5.41, 5.74) is 0.418. The van der Waals surface area contributed by atoms with Crippen LogP contribution in [0.15, 0.2) is 18.5 Å². The number of amides is 1. The Labute approximate surface area is 122 Å². The molecule has 21 heavy (non-hydrogen) atoms. The van der Waals surface area contributed by atoms with Crippen molar-refractivity contribution in [2.24, 2.45) is 0 Å². The third kappa shape index (κ3) is 2.91. The Bertz CT molecular complexity index is 610. The summed E-state index contributed by atoms with van der Waals surface area (Å²) in [6.07, 6.45) is 5.56. The Morgan fingerprint density at radius 1 is 1.52 bits per heavy atom. The van der Waals surface area contributed by atoms with E-state index in [1.807, 2.05) is 12.4 Å². The minimum absolute atomic E-state index is 0.151. The molecule has 3 heterocycles. The number of ether oxygens (including phenoxy) is 1. The summed E-state index contributed by atoms with van der Waals surface area (Å²) in [6, 6.07) is 1.69. The lowest BCUT2D eigenvalue weighted by molar-refractivity contribution is 0.0946. The van der Waals surface area contributed by atoms with Crippen LogP contribution in [-0.4, -0.2) is 38.4 Å². The summed E-state index contributed by atoms with van der Waals surface area (Å²) in [6.45, 7) is 4.90. The Hall–Kier alpha value is -2.31. The van der Waals surface area contributed by atoms with E-state index in [0.717, 1.165) is 25.2 Å². The van der Waals surface area contributed by atoms with E-state index in [9.17, 15) is 4.79 Å². The number of carbonyl (C=O) groups excluding carboxylic acids is 1. The normalized spacial score (nSPS) is 13.0. The summed E-state index contributed by atoms with van der Waals surface area (Å²) in [4.78, 5) is 16.2. The average Bonchev–Trinajstić information content (AvgIpc) is 3.17. The van der Waals surface area contributed by atoms with Crippen molar-refractivity contribution >= 4 is 5.91 Å². The van der Waals surface area contributed by atoms with E-state index in [0.29, 0.717) is 31.3 Å². The Morgan fingerprint density at radius 2 is 2.43 bits per heavy atom. The number of aryl methyl sites for hydroxylation is 2. The second-order valence-corrected chi connectivity index (χ2v) is 4.94. The Kier molecular flexibility index (Phi) is 3.89. The molecule has 0 spiro atoms. The fourth-order valence-electron chi connectivity index (χ4n) is 2.42. The van der Waals surface area contributed by atoms with Gasteiger partial charge in [-0.15, -0.1) is 0 Å². The highest BCUT2D eigenvalue weighted by Crippen LogP contribution is 2.18. The molecule has 0 aliphatic carbocycles. The molecule has 0 saturated heterocycles. The quantitative estimate of drug-likeness (QED) is 0.800. The molecule has 0 aromatic carbocycles. The number of rotatable bonds is 6. The number of imidazole rings is 1. The predicted molar refractivity (Wildman–Crippen MR) is 76.3 cm³/mol. The molecule has 0 unspecified atom stereocenters. The maximum absolute atomic E-state index is 12.0. The Balaban J connectivity index is 1.45. The van der Waals surface area contributed by atoms with Crippen molar-refractivity contribution in [2.75, 3.05) is 13.2 Å². The van der Waals surface area contributed by atoms with Gasteiger partial charge in [-0.2, -0.15) is 5.10 Å². The van der Waals surface area contributed by atoms with Gasteiger partial charge >= 0.3 is 0 Å². The molecule has 2 aromatic heterocycles. The highest BCUT2D eigenvalue weighted by atomic mass is 16.5. The highest BCUT2D eigenvalue weighted by molar-refractivity contribution is 5.92. The van der Waals surface area contributed by atoms with Gasteiger partial charge in [0.05, 0.1) is 6.54 Å². The molecule has 2 aromatic rings. The second-order valence-electron chi connectivity index (χ2n) is 4.94. The summed E-state index contributed by atoms with van der Waals surface area (Å²) in [5, 5.41) is 7.09. The van der Waals surface area contributed by atoms with Crippen LogP contribution in [0, 0.1) is 0 Å². The zero-order valence-electron chi connectivity index (χ0n) is 12.1. The van der Waals surface area contributed by atoms with Gasteiger partial charge in [-0.3, -0.25) is 4.79 Å². The van der Waals surface area contributed by atoms with Gasteiger partial charge in [-0.1, -0.05) is 6.92 Å². The summed E-state index contributed by atoms with van der Waals surface area (Å²) < 4.78 is 9.17. The smallest absolute Gasteiger partial charge is 0.271 e. The van der Waals surface area contributed by atoms with Gasteiger partial charge in [0.1, 0.15) is 12.4 Å². The first kappa shape index (κ1) is 13.7. The first-order valence-corrected chi connectivity index (χ1v) is 7.27. The lowest BCUT2D eigenvalue weighted by Gasteiger charge is -2.07. The number of hydrogen-bond donors (Lipinski definition) is 1. The van der Waals surface area contributed by atoms with Crippen molar-refractivity contribution in [3.63, 3.8) is 0 Å². The van der Waals surface area contributed by atoms with Crippen LogP contribution in [0.1, 0.15) is 29.7 Å². The Morgan fingerprint density at radius 3 is 3.24 bits per heavy atom. The van der Waals surface area contributed by atoms with Crippen molar-refractivity contribution in [1.82, 2.24) is 24.6 Å². The first-order chi connectivity index (χ1) is 10.3. The van der Waals surface area contributed by atoms with E-state index in [4.69, 9.17) is 4.74 Å². The first-order valence-electron chi connectivity index (χ1n) is 7.27. The van der Waals surface area contributed by atoms with Crippen LogP contribution in [0.5, 0.6) is 5.88 Å². The topological polar surface area (TPSA) is 74.0 Å². The van der Waals surface area contributed by atoms with Crippen LogP contribution < -0.4 is 10.1 Å². The van der Waals surface area contributed by atoms with Crippen molar-refractivity contribution < 1.29 is 9.53 Å². The summed E-state index contributed by atoms with van der Waals surface area (Å²) in [5.74, 6) is 1.59. The van der Waals surface area contributed by atoms with Gasteiger partial charge in [0.25, 0.3) is 5.91 Å². The third-order valence-corrected chi connectivity index (χ3v) is 3.51. The van der Waals surface area contributed by atoms with Gasteiger partial charge in [0.15, 0.2) is 5.69 Å². The van der Waals surface area contributed by atoms with Crippen molar-refractivity contribution in [1.29, 1.82) is 0 Å². The molecule has 0 saturated carbocycles. The number of nitrogens with one attached hydrogen (secondary N) is 1. The summed E-state index contributed by atoms with van der Waals surface area (Å²) in [7, 11) is 0. The zero-order chi connectivity index (χ0) is 14.7. The van der Waals surface area contributed by atoms with Crippen molar-refractivity contribution in [2.45, 2.75) is 32.9 Å². The number of carbonyl (C=O) groups is 1. The van der Waals surface area contributed by atoms with E-state index >= 15 is 0 Å². The zero-order valence-corrected chi connectivity index (χ0v) is 12.1. The molecular formula is C14H19N5O2. The molecule has 1 aliphatic heterocycles. The van der Waals surface area contributed by atoms with Crippen LogP contribution >= 0.6 is 0 Å². The number of hydrogen-bond acceptors (Lipinski definition) is 4. The molecule has 7 heteroatoms. The molecule has 1 aliphatic rings. The van der Waals surface area contributed by atoms with Gasteiger partial charge in [0, 0.05) is 38.0 Å². The van der Waals surface area contributed by atoms with Crippen LogP contribution in [-0.2, 0) is 19.5 Å². The lowest BCUT2D eigenvalue weighted by Crippen LogP contribution is -2.26. The van der Waals surface area contributed by atoms with Gasteiger partial charge in [-0.25, -0.2) is 9.67 Å². The van der Waals surface area contributed by atoms with Gasteiger partial charge in [0.2, 0.25) is 5.88 Å². The molecular weight excluding hydrogens is 270 g/mol. The monoisotopic (exact) mass is 289 g/mol. The van der Waals surface area contributed by atoms with E-state index in [-0.39, 0.29) is 5.91 Å². The van der Waals surface area contributed by atoms with Gasteiger partial charge < -0.3 is 14.6 Å². The fourth-order valence-corrected chi connectivity index (χ4v) is 2.42. The third-order valence-electron chi connectivity index (χ3n) is 3.51. The maximum atomic E-state index is 12.0. The molecule has 0 bridgehead atoms. The summed E-state index contributed by atoms with van der Waals surface area (Å²) >= 11 is 0. The SMILES string of the molecule is CCc1nccn1CCCNC(=O)c1cc2n(n1)CCO2. The van der Waals surface area contributed by atoms with Crippen LogP contribution in [0.4, 0.5) is 0 Å². The van der Waals surface area contributed by atoms with E-state index < -0.39 is 0 Å². The minimum Gasteiger partial charge on any atom is -0.476 e. The largest absolute Gasteiger partial charge is 0.476 e. The van der Waals surface area contributed by atoms with Crippen LogP contribution in [0.25, 0.3) is 0 Å². The minimum atomic E-state index is -0.151. The molecule has 3 rings (SSSR count). The standard InChI is InChI=1S/C14H19N5O2/c1-2-12-15-5-7-18(12)6-3-4-16-14(20)11-10-13-19(17-11)8-9-21-13/h5,7,10H,2-4,6,8-9H2,1H3,(H,16,20). The molecule has 7 nitrogen and oxygen atoms in total. The maximum Gasteiger partial charge on any atom is 0.271 e. The average molecular weight is 289 g/mol. The van der Waals surface area contributed by atoms with Crippen LogP contribution in [0.3, 0.4) is 0 Å². The fraction of sp³-hybridized carbons (Fsp3) is 0.500. The predicted octanol–water partition coefficient (Wildman–Crippen LogP) is 0.855. The lowest BCUT2D eigenvalue weighted by atomic mass is 10.3. The van der Waals surface area contributed by atoms with E-state index in [2.05, 4.69) is 26.9 Å².